The summed E-state index contributed by atoms with van der Waals surface area (Å²) in [5, 5.41) is 0.736. The van der Waals surface area contributed by atoms with Gasteiger partial charge in [0, 0.05) is 23.2 Å². The zero-order valence-corrected chi connectivity index (χ0v) is 14.9. The summed E-state index contributed by atoms with van der Waals surface area (Å²) in [5.41, 5.74) is 1.33. The largest absolute Gasteiger partial charge is 0.456 e. The van der Waals surface area contributed by atoms with Gasteiger partial charge in [-0.25, -0.2) is 9.78 Å². The predicted octanol–water partition coefficient (Wildman–Crippen LogP) is 3.84. The molecule has 0 bridgehead atoms. The summed E-state index contributed by atoms with van der Waals surface area (Å²) in [6.07, 6.45) is 3.62. The maximum absolute atomic E-state index is 12.7. The van der Waals surface area contributed by atoms with Gasteiger partial charge in [-0.3, -0.25) is 4.79 Å². The molecule has 128 valence electrons. The van der Waals surface area contributed by atoms with E-state index in [1.165, 1.54) is 0 Å². The van der Waals surface area contributed by atoms with Crippen molar-refractivity contribution in [1.29, 1.82) is 0 Å². The molecule has 0 spiro atoms. The Labute approximate surface area is 142 Å². The van der Waals surface area contributed by atoms with Gasteiger partial charge >= 0.3 is 5.97 Å². The van der Waals surface area contributed by atoms with E-state index in [4.69, 9.17) is 4.74 Å². The summed E-state index contributed by atoms with van der Waals surface area (Å²) < 4.78 is 7.45. The number of aromatic nitrogens is 2. The van der Waals surface area contributed by atoms with Crippen LogP contribution in [-0.4, -0.2) is 26.9 Å². The predicted molar refractivity (Wildman–Crippen MR) is 92.1 cm³/mol. The third-order valence-electron chi connectivity index (χ3n) is 4.39. The van der Waals surface area contributed by atoms with E-state index in [-0.39, 0.29) is 23.7 Å². The van der Waals surface area contributed by atoms with Gasteiger partial charge in [0.05, 0.1) is 11.6 Å². The number of fused-ring (bicyclic) bond motifs is 1. The van der Waals surface area contributed by atoms with Crippen LogP contribution in [-0.2, 0) is 9.53 Å². The summed E-state index contributed by atoms with van der Waals surface area (Å²) in [4.78, 5) is 29.7. The van der Waals surface area contributed by atoms with Crippen molar-refractivity contribution < 1.29 is 14.3 Å². The molecule has 0 aromatic carbocycles. The Balaban J connectivity index is 2.12. The molecule has 1 saturated carbocycles. The van der Waals surface area contributed by atoms with Crippen LogP contribution >= 0.6 is 0 Å². The van der Waals surface area contributed by atoms with E-state index < -0.39 is 5.60 Å². The third-order valence-corrected chi connectivity index (χ3v) is 4.39. The van der Waals surface area contributed by atoms with Crippen molar-refractivity contribution in [3.8, 4) is 0 Å². The highest BCUT2D eigenvalue weighted by Crippen LogP contribution is 2.36. The molecule has 3 rings (SSSR count). The quantitative estimate of drug-likeness (QED) is 0.800. The lowest BCUT2D eigenvalue weighted by Crippen LogP contribution is -2.24. The SMILES string of the molecule is Cc1c(C(=O)OC(C)(C)C)c2cccnc2n1C(C)C(=O)C1CC1. The topological polar surface area (TPSA) is 61.2 Å². The Morgan fingerprint density at radius 2 is 2.00 bits per heavy atom. The number of hydrogen-bond acceptors (Lipinski definition) is 4. The van der Waals surface area contributed by atoms with Crippen molar-refractivity contribution in [1.82, 2.24) is 9.55 Å². The third kappa shape index (κ3) is 2.95. The van der Waals surface area contributed by atoms with E-state index in [0.29, 0.717) is 11.2 Å². The van der Waals surface area contributed by atoms with Gasteiger partial charge in [0.15, 0.2) is 5.78 Å². The normalized spacial score (nSPS) is 16.2. The second kappa shape index (κ2) is 5.72. The standard InChI is InChI=1S/C19H24N2O3/c1-11-15(18(23)24-19(3,4)5)14-7-6-10-20-17(14)21(11)12(2)16(22)13-8-9-13/h6-7,10,12-13H,8-9H2,1-5H3. The molecule has 0 N–H and O–H groups in total. The van der Waals surface area contributed by atoms with E-state index in [2.05, 4.69) is 4.98 Å². The van der Waals surface area contributed by atoms with Crippen molar-refractivity contribution in [2.24, 2.45) is 5.92 Å². The Hall–Kier alpha value is -2.17. The number of ketones is 1. The summed E-state index contributed by atoms with van der Waals surface area (Å²) in [6.45, 7) is 9.28. The molecule has 1 aliphatic carbocycles. The second-order valence-corrected chi connectivity index (χ2v) is 7.56. The summed E-state index contributed by atoms with van der Waals surface area (Å²) in [7, 11) is 0. The number of Topliss-reactive ketones (excluding diaryl/α,β-unsaturated/α-hetero) is 1. The van der Waals surface area contributed by atoms with E-state index in [9.17, 15) is 9.59 Å². The lowest BCUT2D eigenvalue weighted by atomic mass is 10.1. The first kappa shape index (κ1) is 16.7. The number of carbonyl (C=O) groups is 2. The molecular formula is C19H24N2O3. The van der Waals surface area contributed by atoms with Gasteiger partial charge in [0.25, 0.3) is 0 Å². The smallest absolute Gasteiger partial charge is 0.341 e. The van der Waals surface area contributed by atoms with Gasteiger partial charge in [-0.15, -0.1) is 0 Å². The molecule has 5 heteroatoms. The van der Waals surface area contributed by atoms with Crippen molar-refractivity contribution in [3.63, 3.8) is 0 Å². The van der Waals surface area contributed by atoms with E-state index >= 15 is 0 Å². The monoisotopic (exact) mass is 328 g/mol. The molecule has 2 aromatic heterocycles. The van der Waals surface area contributed by atoms with Gasteiger partial charge < -0.3 is 9.30 Å². The number of ether oxygens (including phenoxy) is 1. The molecule has 2 heterocycles. The van der Waals surface area contributed by atoms with E-state index in [1.807, 2.05) is 45.3 Å². The molecule has 5 nitrogen and oxygen atoms in total. The minimum Gasteiger partial charge on any atom is -0.456 e. The Kier molecular flexibility index (Phi) is 3.98. The van der Waals surface area contributed by atoms with Crippen LogP contribution in [0.2, 0.25) is 0 Å². The van der Waals surface area contributed by atoms with Crippen LogP contribution in [0.3, 0.4) is 0 Å². The molecule has 1 atom stereocenters. The van der Waals surface area contributed by atoms with Crippen molar-refractivity contribution in [2.45, 2.75) is 59.1 Å². The van der Waals surface area contributed by atoms with Crippen LogP contribution in [0.5, 0.6) is 0 Å². The highest BCUT2D eigenvalue weighted by Gasteiger charge is 2.36. The average Bonchev–Trinajstić information content (AvgIpc) is 3.27. The zero-order chi connectivity index (χ0) is 17.6. The summed E-state index contributed by atoms with van der Waals surface area (Å²) >= 11 is 0. The van der Waals surface area contributed by atoms with Gasteiger partial charge in [-0.05, 0) is 59.6 Å². The molecule has 1 unspecified atom stereocenters. The van der Waals surface area contributed by atoms with Crippen LogP contribution in [0.25, 0.3) is 11.0 Å². The van der Waals surface area contributed by atoms with Crippen molar-refractivity contribution >= 4 is 22.8 Å². The molecule has 24 heavy (non-hydrogen) atoms. The first-order valence-corrected chi connectivity index (χ1v) is 8.43. The average molecular weight is 328 g/mol. The van der Waals surface area contributed by atoms with Gasteiger partial charge in [-0.2, -0.15) is 0 Å². The molecule has 1 fully saturated rings. The highest BCUT2D eigenvalue weighted by atomic mass is 16.6. The van der Waals surface area contributed by atoms with Crippen LogP contribution in [0.15, 0.2) is 18.3 Å². The molecule has 2 aromatic rings. The maximum Gasteiger partial charge on any atom is 0.341 e. The second-order valence-electron chi connectivity index (χ2n) is 7.56. The van der Waals surface area contributed by atoms with Crippen molar-refractivity contribution in [2.75, 3.05) is 0 Å². The first-order chi connectivity index (χ1) is 11.2. The van der Waals surface area contributed by atoms with Gasteiger partial charge in [0.1, 0.15) is 11.2 Å². The molecule has 0 radical (unpaired) electrons. The Morgan fingerprint density at radius 3 is 2.58 bits per heavy atom. The fraction of sp³-hybridized carbons (Fsp3) is 0.526. The van der Waals surface area contributed by atoms with Crippen LogP contribution in [0.4, 0.5) is 0 Å². The van der Waals surface area contributed by atoms with Gasteiger partial charge in [-0.1, -0.05) is 0 Å². The molecule has 1 aliphatic rings. The molecular weight excluding hydrogens is 304 g/mol. The first-order valence-electron chi connectivity index (χ1n) is 8.43. The van der Waals surface area contributed by atoms with Crippen LogP contribution in [0, 0.1) is 12.8 Å². The fourth-order valence-electron chi connectivity index (χ4n) is 3.16. The Bertz CT molecular complexity index is 810. The zero-order valence-electron chi connectivity index (χ0n) is 14.9. The van der Waals surface area contributed by atoms with Gasteiger partial charge in [0.2, 0.25) is 0 Å². The number of rotatable bonds is 4. The minimum atomic E-state index is -0.574. The molecule has 0 amide bonds. The highest BCUT2D eigenvalue weighted by molar-refractivity contribution is 6.05. The molecule has 0 aliphatic heterocycles. The lowest BCUT2D eigenvalue weighted by Gasteiger charge is -2.20. The fourth-order valence-corrected chi connectivity index (χ4v) is 3.16. The van der Waals surface area contributed by atoms with E-state index in [0.717, 1.165) is 23.9 Å². The van der Waals surface area contributed by atoms with Crippen molar-refractivity contribution in [3.05, 3.63) is 29.6 Å². The maximum atomic E-state index is 12.7. The van der Waals surface area contributed by atoms with Crippen LogP contribution < -0.4 is 0 Å². The lowest BCUT2D eigenvalue weighted by molar-refractivity contribution is -0.122. The number of pyridine rings is 1. The number of carbonyl (C=O) groups excluding carboxylic acids is 2. The Morgan fingerprint density at radius 1 is 1.33 bits per heavy atom. The number of nitrogens with zero attached hydrogens (tertiary/aromatic N) is 2. The summed E-state index contributed by atoms with van der Waals surface area (Å²) in [6, 6.07) is 3.33. The minimum absolute atomic E-state index is 0.158. The number of hydrogen-bond donors (Lipinski definition) is 0. The van der Waals surface area contributed by atoms with E-state index in [1.54, 1.807) is 12.3 Å². The van der Waals surface area contributed by atoms with Crippen LogP contribution in [0.1, 0.15) is 62.6 Å². The number of esters is 1. The molecule has 0 saturated heterocycles. The summed E-state index contributed by atoms with van der Waals surface area (Å²) in [5.74, 6) is 0.00440.